The molecule has 1 aromatic rings. The molecule has 2 atom stereocenters. The molecule has 1 aromatic carbocycles. The topological polar surface area (TPSA) is 67.9 Å². The Kier molecular flexibility index (Phi) is 5.14. The Bertz CT molecular complexity index is 594. The first kappa shape index (κ1) is 16.9. The summed E-state index contributed by atoms with van der Waals surface area (Å²) < 4.78 is 0. The molecule has 3 rings (SSSR count). The minimum absolute atomic E-state index is 0.0130. The number of rotatable bonds is 3. The number of nitro benzene ring substituents is 1. The van der Waals surface area contributed by atoms with E-state index in [0.29, 0.717) is 5.56 Å². The summed E-state index contributed by atoms with van der Waals surface area (Å²) in [7, 11) is 0. The lowest BCUT2D eigenvalue weighted by Gasteiger charge is -2.39. The van der Waals surface area contributed by atoms with Gasteiger partial charge in [-0.1, -0.05) is 13.3 Å². The van der Waals surface area contributed by atoms with Gasteiger partial charge in [-0.05, 0) is 30.9 Å². The molecule has 0 aromatic heterocycles. The first-order valence-electron chi connectivity index (χ1n) is 8.93. The van der Waals surface area contributed by atoms with Crippen LogP contribution < -0.4 is 4.90 Å². The van der Waals surface area contributed by atoms with E-state index in [-0.39, 0.29) is 11.6 Å². The maximum absolute atomic E-state index is 12.6. The number of carbonyl (C=O) groups excluding carboxylic acids is 1. The zero-order valence-electron chi connectivity index (χ0n) is 14.2. The highest BCUT2D eigenvalue weighted by Crippen LogP contribution is 2.22. The van der Waals surface area contributed by atoms with Crippen LogP contribution in [0.5, 0.6) is 0 Å². The Balaban J connectivity index is 1.55. The van der Waals surface area contributed by atoms with Crippen molar-refractivity contribution in [3.63, 3.8) is 0 Å². The molecular weight excluding hydrogens is 306 g/mol. The zero-order valence-corrected chi connectivity index (χ0v) is 14.2. The van der Waals surface area contributed by atoms with Gasteiger partial charge in [0, 0.05) is 24.1 Å². The second-order valence-electron chi connectivity index (χ2n) is 7.22. The van der Waals surface area contributed by atoms with Crippen molar-refractivity contribution in [1.82, 2.24) is 4.90 Å². The van der Waals surface area contributed by atoms with E-state index in [0.717, 1.165) is 38.1 Å². The van der Waals surface area contributed by atoms with Gasteiger partial charge in [-0.2, -0.15) is 0 Å². The van der Waals surface area contributed by atoms with Crippen LogP contribution in [0.25, 0.3) is 0 Å². The lowest BCUT2D eigenvalue weighted by atomic mass is 9.86. The number of amides is 1. The summed E-state index contributed by atoms with van der Waals surface area (Å²) in [6, 6.07) is 6.67. The van der Waals surface area contributed by atoms with Crippen molar-refractivity contribution in [2.24, 2.45) is 5.92 Å². The van der Waals surface area contributed by atoms with Crippen LogP contribution in [-0.2, 0) is 0 Å². The third-order valence-electron chi connectivity index (χ3n) is 5.53. The predicted molar refractivity (Wildman–Crippen MR) is 91.1 cm³/mol. The molecular formula is C18H26N3O3+. The Morgan fingerprint density at radius 2 is 1.88 bits per heavy atom. The lowest BCUT2D eigenvalue weighted by molar-refractivity contribution is -0.930. The number of nitrogens with one attached hydrogen (secondary N) is 1. The third-order valence-corrected chi connectivity index (χ3v) is 5.53. The molecule has 130 valence electrons. The van der Waals surface area contributed by atoms with Crippen molar-refractivity contribution in [2.45, 2.75) is 38.6 Å². The zero-order chi connectivity index (χ0) is 17.1. The quantitative estimate of drug-likeness (QED) is 0.674. The predicted octanol–water partition coefficient (Wildman–Crippen LogP) is 1.51. The second kappa shape index (κ2) is 7.30. The first-order chi connectivity index (χ1) is 11.5. The molecule has 24 heavy (non-hydrogen) atoms. The SMILES string of the molecule is C[C@@H]1CCC[C@H]([NH+]2CCN(C(=O)c3ccc([N+](=O)[O-])cc3)CC2)C1. The van der Waals surface area contributed by atoms with Crippen molar-refractivity contribution < 1.29 is 14.6 Å². The number of non-ortho nitro benzene ring substituents is 1. The summed E-state index contributed by atoms with van der Waals surface area (Å²) in [6.45, 7) is 5.91. The smallest absolute Gasteiger partial charge is 0.269 e. The normalized spacial score (nSPS) is 25.5. The molecule has 1 saturated carbocycles. The van der Waals surface area contributed by atoms with Gasteiger partial charge >= 0.3 is 0 Å². The van der Waals surface area contributed by atoms with Crippen LogP contribution in [0.2, 0.25) is 0 Å². The van der Waals surface area contributed by atoms with Crippen LogP contribution in [0.15, 0.2) is 24.3 Å². The molecule has 0 spiro atoms. The van der Waals surface area contributed by atoms with Crippen LogP contribution >= 0.6 is 0 Å². The molecule has 1 aliphatic heterocycles. The fourth-order valence-corrected chi connectivity index (χ4v) is 4.12. The fraction of sp³-hybridized carbons (Fsp3) is 0.611. The molecule has 0 unspecified atom stereocenters. The first-order valence-corrected chi connectivity index (χ1v) is 8.93. The van der Waals surface area contributed by atoms with Gasteiger partial charge in [-0.3, -0.25) is 14.9 Å². The largest absolute Gasteiger partial charge is 0.330 e. The molecule has 2 fully saturated rings. The Labute approximate surface area is 142 Å². The molecule has 1 aliphatic carbocycles. The number of hydrogen-bond acceptors (Lipinski definition) is 3. The number of benzene rings is 1. The van der Waals surface area contributed by atoms with E-state index in [2.05, 4.69) is 6.92 Å². The highest BCUT2D eigenvalue weighted by atomic mass is 16.6. The maximum atomic E-state index is 12.6. The number of quaternary nitrogens is 1. The van der Waals surface area contributed by atoms with E-state index in [1.165, 1.54) is 37.8 Å². The van der Waals surface area contributed by atoms with Gasteiger partial charge in [0.25, 0.3) is 11.6 Å². The molecule has 0 bridgehead atoms. The third kappa shape index (κ3) is 3.75. The number of nitrogens with zero attached hydrogens (tertiary/aromatic N) is 2. The lowest BCUT2D eigenvalue weighted by Crippen LogP contribution is -3.18. The van der Waals surface area contributed by atoms with Crippen LogP contribution in [0.1, 0.15) is 43.0 Å². The van der Waals surface area contributed by atoms with Gasteiger partial charge in [0.15, 0.2) is 0 Å². The van der Waals surface area contributed by atoms with Crippen LogP contribution in [0, 0.1) is 16.0 Å². The molecule has 6 nitrogen and oxygen atoms in total. The van der Waals surface area contributed by atoms with Gasteiger partial charge in [0.2, 0.25) is 0 Å². The van der Waals surface area contributed by atoms with Crippen LogP contribution in [0.3, 0.4) is 0 Å². The van der Waals surface area contributed by atoms with Crippen molar-refractivity contribution in [3.05, 3.63) is 39.9 Å². The van der Waals surface area contributed by atoms with E-state index in [1.807, 2.05) is 4.90 Å². The van der Waals surface area contributed by atoms with Crippen molar-refractivity contribution >= 4 is 11.6 Å². The van der Waals surface area contributed by atoms with Gasteiger partial charge < -0.3 is 9.80 Å². The van der Waals surface area contributed by atoms with E-state index >= 15 is 0 Å². The molecule has 1 saturated heterocycles. The summed E-state index contributed by atoms with van der Waals surface area (Å²) in [5.41, 5.74) is 0.558. The summed E-state index contributed by atoms with van der Waals surface area (Å²) in [6.07, 6.45) is 5.32. The second-order valence-corrected chi connectivity index (χ2v) is 7.22. The monoisotopic (exact) mass is 332 g/mol. The fourth-order valence-electron chi connectivity index (χ4n) is 4.12. The average Bonchev–Trinajstić information content (AvgIpc) is 2.61. The summed E-state index contributed by atoms with van der Waals surface area (Å²) in [5, 5.41) is 10.7. The summed E-state index contributed by atoms with van der Waals surface area (Å²) in [4.78, 5) is 26.4. The van der Waals surface area contributed by atoms with Gasteiger partial charge in [-0.15, -0.1) is 0 Å². The minimum Gasteiger partial charge on any atom is -0.330 e. The van der Waals surface area contributed by atoms with E-state index in [1.54, 1.807) is 17.0 Å². The Hall–Kier alpha value is -1.95. The number of carbonyl (C=O) groups is 1. The average molecular weight is 332 g/mol. The van der Waals surface area contributed by atoms with E-state index in [9.17, 15) is 14.9 Å². The minimum atomic E-state index is -0.443. The Morgan fingerprint density at radius 3 is 2.46 bits per heavy atom. The number of piperazine rings is 1. The summed E-state index contributed by atoms with van der Waals surface area (Å²) in [5.74, 6) is 0.817. The number of hydrogen-bond donors (Lipinski definition) is 1. The molecule has 1 N–H and O–H groups in total. The van der Waals surface area contributed by atoms with Crippen molar-refractivity contribution in [1.29, 1.82) is 0 Å². The number of nitro groups is 1. The Morgan fingerprint density at radius 1 is 1.21 bits per heavy atom. The van der Waals surface area contributed by atoms with Gasteiger partial charge in [0.05, 0.1) is 37.1 Å². The highest BCUT2D eigenvalue weighted by Gasteiger charge is 2.32. The van der Waals surface area contributed by atoms with Gasteiger partial charge in [-0.25, -0.2) is 0 Å². The van der Waals surface area contributed by atoms with Crippen LogP contribution in [0.4, 0.5) is 5.69 Å². The molecule has 1 amide bonds. The maximum Gasteiger partial charge on any atom is 0.269 e. The highest BCUT2D eigenvalue weighted by molar-refractivity contribution is 5.94. The molecule has 2 aliphatic rings. The molecule has 0 radical (unpaired) electrons. The van der Waals surface area contributed by atoms with E-state index < -0.39 is 4.92 Å². The summed E-state index contributed by atoms with van der Waals surface area (Å²) >= 11 is 0. The van der Waals surface area contributed by atoms with Crippen molar-refractivity contribution in [3.8, 4) is 0 Å². The molecule has 6 heteroatoms. The van der Waals surface area contributed by atoms with Crippen molar-refractivity contribution in [2.75, 3.05) is 26.2 Å². The van der Waals surface area contributed by atoms with Gasteiger partial charge in [0.1, 0.15) is 0 Å². The molecule has 1 heterocycles. The standard InChI is InChI=1S/C18H25N3O3/c1-14-3-2-4-17(13-14)19-9-11-20(12-10-19)18(22)15-5-7-16(8-6-15)21(23)24/h5-8,14,17H,2-4,9-13H2,1H3/p+1/t14-,17+/m1/s1. The van der Waals surface area contributed by atoms with Crippen LogP contribution in [-0.4, -0.2) is 48.0 Å². The van der Waals surface area contributed by atoms with E-state index in [4.69, 9.17) is 0 Å².